The van der Waals surface area contributed by atoms with E-state index in [-0.39, 0.29) is 12.5 Å². The van der Waals surface area contributed by atoms with Crippen molar-refractivity contribution in [3.63, 3.8) is 0 Å². The molecule has 1 aromatic rings. The highest BCUT2D eigenvalue weighted by molar-refractivity contribution is 7.89. The van der Waals surface area contributed by atoms with Crippen LogP contribution in [0.5, 0.6) is 0 Å². The third-order valence-corrected chi connectivity index (χ3v) is 5.55. The minimum atomic E-state index is -3.45. The predicted octanol–water partition coefficient (Wildman–Crippen LogP) is 2.94. The van der Waals surface area contributed by atoms with Crippen LogP contribution in [0.25, 0.3) is 0 Å². The number of aliphatic carboxylic acids is 1. The number of carbonyl (C=O) groups is 1. The molecular weight excluding hydrogens is 314 g/mol. The van der Waals surface area contributed by atoms with Crippen LogP contribution in [-0.2, 0) is 14.8 Å². The highest BCUT2D eigenvalue weighted by Crippen LogP contribution is 2.28. The first-order chi connectivity index (χ1) is 11.0. The van der Waals surface area contributed by atoms with E-state index in [4.69, 9.17) is 5.11 Å². The first-order valence-corrected chi connectivity index (χ1v) is 9.41. The van der Waals surface area contributed by atoms with Gasteiger partial charge in [-0.25, -0.2) is 13.1 Å². The molecule has 126 valence electrons. The van der Waals surface area contributed by atoms with Crippen LogP contribution >= 0.6 is 0 Å². The molecule has 0 amide bonds. The Morgan fingerprint density at radius 1 is 1.26 bits per heavy atom. The zero-order valence-electron chi connectivity index (χ0n) is 13.0. The molecule has 2 rings (SSSR count). The second kappa shape index (κ2) is 8.26. The van der Waals surface area contributed by atoms with Crippen LogP contribution in [0.4, 0.5) is 0 Å². The van der Waals surface area contributed by atoms with Crippen LogP contribution in [0.1, 0.15) is 38.5 Å². The normalized spacial score (nSPS) is 21.7. The summed E-state index contributed by atoms with van der Waals surface area (Å²) in [6.45, 7) is 0. The van der Waals surface area contributed by atoms with E-state index in [1.54, 1.807) is 30.3 Å². The summed E-state index contributed by atoms with van der Waals surface area (Å²) < 4.78 is 27.3. The number of hydrogen-bond acceptors (Lipinski definition) is 3. The number of sulfonamides is 1. The Labute approximate surface area is 137 Å². The number of benzene rings is 1. The van der Waals surface area contributed by atoms with Crippen molar-refractivity contribution in [2.24, 2.45) is 5.92 Å². The number of hydrogen-bond donors (Lipinski definition) is 2. The molecule has 1 aliphatic carbocycles. The quantitative estimate of drug-likeness (QED) is 0.564. The third kappa shape index (κ3) is 5.80. The van der Waals surface area contributed by atoms with Crippen LogP contribution in [0.3, 0.4) is 0 Å². The summed E-state index contributed by atoms with van der Waals surface area (Å²) in [6.07, 6.45) is 8.27. The average Bonchev–Trinajstić information content (AvgIpc) is 2.94. The Balaban J connectivity index is 1.79. The molecule has 6 heteroatoms. The SMILES string of the molecule is O=C(O)CCCC=C[C@@H]1CC[C@H](NS(=O)(=O)c2ccccc2)C1. The molecule has 5 nitrogen and oxygen atoms in total. The van der Waals surface area contributed by atoms with Gasteiger partial charge in [-0.3, -0.25) is 4.79 Å². The molecule has 1 aliphatic rings. The highest BCUT2D eigenvalue weighted by atomic mass is 32.2. The number of carboxylic acids is 1. The molecule has 0 aliphatic heterocycles. The maximum atomic E-state index is 12.3. The van der Waals surface area contributed by atoms with E-state index in [0.29, 0.717) is 17.2 Å². The van der Waals surface area contributed by atoms with Gasteiger partial charge in [0, 0.05) is 12.5 Å². The Hall–Kier alpha value is -1.66. The lowest BCUT2D eigenvalue weighted by Crippen LogP contribution is -2.32. The summed E-state index contributed by atoms with van der Waals surface area (Å²) in [5, 5.41) is 8.57. The van der Waals surface area contributed by atoms with Gasteiger partial charge in [0.15, 0.2) is 0 Å². The van der Waals surface area contributed by atoms with Crippen LogP contribution in [0.15, 0.2) is 47.4 Å². The van der Waals surface area contributed by atoms with Crippen molar-refractivity contribution in [2.75, 3.05) is 0 Å². The molecule has 1 aromatic carbocycles. The van der Waals surface area contributed by atoms with E-state index >= 15 is 0 Å². The van der Waals surface area contributed by atoms with Gasteiger partial charge >= 0.3 is 5.97 Å². The van der Waals surface area contributed by atoms with E-state index in [1.165, 1.54) is 0 Å². The zero-order valence-corrected chi connectivity index (χ0v) is 13.8. The molecule has 0 heterocycles. The second-order valence-electron chi connectivity index (χ2n) is 5.92. The van der Waals surface area contributed by atoms with Gasteiger partial charge in [-0.2, -0.15) is 0 Å². The predicted molar refractivity (Wildman–Crippen MR) is 88.5 cm³/mol. The lowest BCUT2D eigenvalue weighted by Gasteiger charge is -2.13. The molecule has 0 saturated heterocycles. The molecule has 0 radical (unpaired) electrons. The summed E-state index contributed by atoms with van der Waals surface area (Å²) in [5.74, 6) is -0.405. The van der Waals surface area contributed by atoms with Crippen molar-refractivity contribution < 1.29 is 18.3 Å². The average molecular weight is 337 g/mol. The maximum absolute atomic E-state index is 12.3. The van der Waals surface area contributed by atoms with E-state index in [1.807, 2.05) is 6.08 Å². The van der Waals surface area contributed by atoms with Gasteiger partial charge in [0.2, 0.25) is 10.0 Å². The largest absolute Gasteiger partial charge is 0.481 e. The van der Waals surface area contributed by atoms with E-state index < -0.39 is 16.0 Å². The van der Waals surface area contributed by atoms with Gasteiger partial charge in [0.1, 0.15) is 0 Å². The maximum Gasteiger partial charge on any atom is 0.303 e. The van der Waals surface area contributed by atoms with Crippen molar-refractivity contribution in [1.29, 1.82) is 0 Å². The lowest BCUT2D eigenvalue weighted by atomic mass is 10.1. The van der Waals surface area contributed by atoms with Crippen molar-refractivity contribution in [1.82, 2.24) is 4.72 Å². The second-order valence-corrected chi connectivity index (χ2v) is 7.63. The fourth-order valence-electron chi connectivity index (χ4n) is 2.85. The Morgan fingerprint density at radius 2 is 2.00 bits per heavy atom. The molecular formula is C17H23NO4S. The van der Waals surface area contributed by atoms with Gasteiger partial charge in [-0.05, 0) is 50.2 Å². The molecule has 1 fully saturated rings. The standard InChI is InChI=1S/C17H23NO4S/c19-17(20)10-6-1-3-7-14-11-12-15(13-14)18-23(21,22)16-8-4-2-5-9-16/h2-5,7-9,14-15,18H,1,6,10-13H2,(H,19,20)/t14-,15+/m1/s1. The fourth-order valence-corrected chi connectivity index (χ4v) is 4.15. The molecule has 0 spiro atoms. The summed E-state index contributed by atoms with van der Waals surface area (Å²) in [5.41, 5.74) is 0. The summed E-state index contributed by atoms with van der Waals surface area (Å²) in [7, 11) is -3.45. The highest BCUT2D eigenvalue weighted by Gasteiger charge is 2.27. The molecule has 1 saturated carbocycles. The van der Waals surface area contributed by atoms with Gasteiger partial charge in [-0.15, -0.1) is 0 Å². The van der Waals surface area contributed by atoms with Crippen molar-refractivity contribution >= 4 is 16.0 Å². The number of unbranched alkanes of at least 4 members (excludes halogenated alkanes) is 1. The van der Waals surface area contributed by atoms with Crippen molar-refractivity contribution in [2.45, 2.75) is 49.5 Å². The van der Waals surface area contributed by atoms with E-state index in [9.17, 15) is 13.2 Å². The lowest BCUT2D eigenvalue weighted by molar-refractivity contribution is -0.137. The Bertz CT molecular complexity index is 640. The van der Waals surface area contributed by atoms with Crippen molar-refractivity contribution in [3.8, 4) is 0 Å². The van der Waals surface area contributed by atoms with Gasteiger partial charge in [0.05, 0.1) is 4.90 Å². The summed E-state index contributed by atoms with van der Waals surface area (Å²) in [6, 6.07) is 8.38. The zero-order chi connectivity index (χ0) is 16.7. The Morgan fingerprint density at radius 3 is 2.70 bits per heavy atom. The monoisotopic (exact) mass is 337 g/mol. The molecule has 0 unspecified atom stereocenters. The summed E-state index contributed by atoms with van der Waals surface area (Å²) >= 11 is 0. The van der Waals surface area contributed by atoms with Gasteiger partial charge < -0.3 is 5.11 Å². The number of carboxylic acid groups (broad SMARTS) is 1. The molecule has 2 N–H and O–H groups in total. The number of nitrogens with one attached hydrogen (secondary N) is 1. The molecule has 0 bridgehead atoms. The first-order valence-electron chi connectivity index (χ1n) is 7.93. The number of allylic oxidation sites excluding steroid dienone is 2. The smallest absolute Gasteiger partial charge is 0.303 e. The third-order valence-electron chi connectivity index (χ3n) is 4.02. The van der Waals surface area contributed by atoms with Crippen molar-refractivity contribution in [3.05, 3.63) is 42.5 Å². The van der Waals surface area contributed by atoms with Crippen LogP contribution in [0.2, 0.25) is 0 Å². The number of rotatable bonds is 8. The first kappa shape index (κ1) is 17.7. The minimum Gasteiger partial charge on any atom is -0.481 e. The van der Waals surface area contributed by atoms with Gasteiger partial charge in [-0.1, -0.05) is 30.4 Å². The van der Waals surface area contributed by atoms with E-state index in [2.05, 4.69) is 10.8 Å². The Kier molecular flexibility index (Phi) is 6.36. The van der Waals surface area contributed by atoms with Gasteiger partial charge in [0.25, 0.3) is 0 Å². The van der Waals surface area contributed by atoms with Crippen LogP contribution in [-0.4, -0.2) is 25.5 Å². The van der Waals surface area contributed by atoms with E-state index in [0.717, 1.165) is 25.7 Å². The minimum absolute atomic E-state index is 0.0334. The topological polar surface area (TPSA) is 83.5 Å². The molecule has 0 aromatic heterocycles. The molecule has 2 atom stereocenters. The fraction of sp³-hybridized carbons (Fsp3) is 0.471. The molecule has 23 heavy (non-hydrogen) atoms. The summed E-state index contributed by atoms with van der Waals surface area (Å²) in [4.78, 5) is 10.7. The van der Waals surface area contributed by atoms with Crippen LogP contribution < -0.4 is 4.72 Å². The van der Waals surface area contributed by atoms with Crippen LogP contribution in [0, 0.1) is 5.92 Å².